The molecule has 5 nitrogen and oxygen atoms in total. The lowest BCUT2D eigenvalue weighted by atomic mass is 10.0. The first-order valence-electron chi connectivity index (χ1n) is 11.2. The van der Waals surface area contributed by atoms with E-state index in [4.69, 9.17) is 0 Å². The molecule has 1 amide bonds. The molecule has 0 aromatic heterocycles. The van der Waals surface area contributed by atoms with Gasteiger partial charge in [-0.25, -0.2) is 13.1 Å². The number of carbonyl (C=O) groups excluding carboxylic acids is 1. The number of hydrogen-bond acceptors (Lipinski definition) is 3. The molecule has 0 bridgehead atoms. The van der Waals surface area contributed by atoms with Crippen molar-refractivity contribution < 1.29 is 13.2 Å². The van der Waals surface area contributed by atoms with E-state index in [1.165, 1.54) is 0 Å². The normalized spacial score (nSPS) is 12.5. The molecule has 3 aromatic carbocycles. The number of carbonyl (C=O) groups is 1. The zero-order valence-electron chi connectivity index (χ0n) is 19.4. The van der Waals surface area contributed by atoms with Crippen LogP contribution in [0.3, 0.4) is 0 Å². The van der Waals surface area contributed by atoms with E-state index in [0.717, 1.165) is 27.8 Å². The fourth-order valence-electron chi connectivity index (χ4n) is 3.73. The van der Waals surface area contributed by atoms with Crippen LogP contribution in [0.5, 0.6) is 0 Å². The maximum Gasteiger partial charge on any atom is 0.224 e. The van der Waals surface area contributed by atoms with Crippen LogP contribution >= 0.6 is 0 Å². The average molecular weight is 465 g/mol. The third-order valence-corrected chi connectivity index (χ3v) is 7.35. The zero-order valence-corrected chi connectivity index (χ0v) is 20.2. The van der Waals surface area contributed by atoms with Gasteiger partial charge in [-0.1, -0.05) is 92.7 Å². The Balaban J connectivity index is 1.67. The third kappa shape index (κ3) is 7.01. The van der Waals surface area contributed by atoms with Crippen LogP contribution in [-0.4, -0.2) is 21.4 Å². The Labute approximate surface area is 197 Å². The molecular formula is C27H32N2O3S. The van der Waals surface area contributed by atoms with Crippen LogP contribution in [0.2, 0.25) is 0 Å². The molecule has 174 valence electrons. The van der Waals surface area contributed by atoms with Gasteiger partial charge in [-0.2, -0.15) is 0 Å². The molecule has 0 aliphatic rings. The summed E-state index contributed by atoms with van der Waals surface area (Å²) in [5, 5.41) is 2.05. The number of likely N-dealkylation sites (N-methyl/N-ethyl adjacent to an activating group) is 1. The molecule has 0 spiro atoms. The van der Waals surface area contributed by atoms with Crippen molar-refractivity contribution >= 4 is 15.9 Å². The molecule has 0 fully saturated rings. The van der Waals surface area contributed by atoms with Crippen molar-refractivity contribution in [3.8, 4) is 11.1 Å². The van der Waals surface area contributed by atoms with Crippen LogP contribution in [-0.2, 0) is 27.8 Å². The highest BCUT2D eigenvalue weighted by molar-refractivity contribution is 7.89. The number of sulfonamides is 1. The van der Waals surface area contributed by atoms with E-state index in [0.29, 0.717) is 12.8 Å². The van der Waals surface area contributed by atoms with E-state index in [2.05, 4.69) is 10.0 Å². The minimum Gasteiger partial charge on any atom is -0.359 e. The Morgan fingerprint density at radius 2 is 1.36 bits per heavy atom. The molecule has 0 radical (unpaired) electrons. The Morgan fingerprint density at radius 3 is 1.88 bits per heavy atom. The van der Waals surface area contributed by atoms with Crippen molar-refractivity contribution in [1.29, 1.82) is 0 Å². The van der Waals surface area contributed by atoms with Crippen LogP contribution in [0.25, 0.3) is 11.1 Å². The lowest BCUT2D eigenvalue weighted by Gasteiger charge is -2.20. The van der Waals surface area contributed by atoms with Crippen LogP contribution < -0.4 is 10.0 Å². The summed E-state index contributed by atoms with van der Waals surface area (Å²) >= 11 is 0. The minimum absolute atomic E-state index is 0.0162. The fraction of sp³-hybridized carbons (Fsp3) is 0.296. The maximum atomic E-state index is 13.1. The van der Waals surface area contributed by atoms with Gasteiger partial charge in [0.2, 0.25) is 15.9 Å². The molecule has 6 heteroatoms. The van der Waals surface area contributed by atoms with Gasteiger partial charge in [-0.3, -0.25) is 4.79 Å². The van der Waals surface area contributed by atoms with Crippen molar-refractivity contribution in [2.24, 2.45) is 5.92 Å². The van der Waals surface area contributed by atoms with Gasteiger partial charge in [0.05, 0.1) is 6.42 Å². The van der Waals surface area contributed by atoms with Gasteiger partial charge in [0.1, 0.15) is 5.25 Å². The quantitative estimate of drug-likeness (QED) is 0.450. The van der Waals surface area contributed by atoms with E-state index in [-0.39, 0.29) is 18.4 Å². The topological polar surface area (TPSA) is 75.3 Å². The van der Waals surface area contributed by atoms with Crippen molar-refractivity contribution in [3.05, 3.63) is 95.6 Å². The largest absolute Gasteiger partial charge is 0.359 e. The van der Waals surface area contributed by atoms with Crippen molar-refractivity contribution in [3.63, 3.8) is 0 Å². The summed E-state index contributed by atoms with van der Waals surface area (Å²) in [7, 11) is -1.90. The maximum absolute atomic E-state index is 13.1. The number of rotatable bonds is 10. The molecule has 2 N–H and O–H groups in total. The SMILES string of the molecule is CNC(=O)Cc1ccc(-c2ccc(CNS(=O)(=O)C(CC(C)C)c3ccccc3)cc2)cc1. The first-order chi connectivity index (χ1) is 15.8. The smallest absolute Gasteiger partial charge is 0.224 e. The van der Waals surface area contributed by atoms with E-state index in [1.807, 2.05) is 92.7 Å². The predicted molar refractivity (Wildman–Crippen MR) is 134 cm³/mol. The molecule has 1 atom stereocenters. The average Bonchev–Trinajstić information content (AvgIpc) is 2.82. The summed E-state index contributed by atoms with van der Waals surface area (Å²) < 4.78 is 29.0. The second-order valence-corrected chi connectivity index (χ2v) is 10.6. The lowest BCUT2D eigenvalue weighted by molar-refractivity contribution is -0.119. The van der Waals surface area contributed by atoms with Crippen LogP contribution in [0.4, 0.5) is 0 Å². The predicted octanol–water partition coefficient (Wildman–Crippen LogP) is 4.85. The minimum atomic E-state index is -3.53. The standard InChI is InChI=1S/C27H32N2O3S/c1-20(2)17-26(25-7-5-4-6-8-25)33(31,32)29-19-22-11-15-24(16-12-22)23-13-9-21(10-14-23)18-27(30)28-3/h4-16,20,26,29H,17-19H2,1-3H3,(H,28,30). The Hall–Kier alpha value is -2.96. The summed E-state index contributed by atoms with van der Waals surface area (Å²) in [6.45, 7) is 4.32. The molecule has 0 saturated heterocycles. The molecule has 3 rings (SSSR count). The van der Waals surface area contributed by atoms with Gasteiger partial charge in [0.15, 0.2) is 0 Å². The van der Waals surface area contributed by atoms with E-state index >= 15 is 0 Å². The third-order valence-electron chi connectivity index (χ3n) is 5.59. The zero-order chi connectivity index (χ0) is 23.8. The Bertz CT molecular complexity index is 1140. The second-order valence-electron chi connectivity index (χ2n) is 8.64. The number of benzene rings is 3. The molecule has 0 saturated carbocycles. The highest BCUT2D eigenvalue weighted by atomic mass is 32.2. The first kappa shape index (κ1) is 24.7. The summed E-state index contributed by atoms with van der Waals surface area (Å²) in [4.78, 5) is 11.5. The van der Waals surface area contributed by atoms with E-state index in [9.17, 15) is 13.2 Å². The highest BCUT2D eigenvalue weighted by Gasteiger charge is 2.27. The lowest BCUT2D eigenvalue weighted by Crippen LogP contribution is -2.29. The number of amides is 1. The number of nitrogens with one attached hydrogen (secondary N) is 2. The van der Waals surface area contributed by atoms with Gasteiger partial charge in [-0.15, -0.1) is 0 Å². The fourth-order valence-corrected chi connectivity index (χ4v) is 5.45. The summed E-state index contributed by atoms with van der Waals surface area (Å²) in [5.74, 6) is 0.242. The van der Waals surface area contributed by atoms with Crippen LogP contribution in [0.1, 0.15) is 42.2 Å². The van der Waals surface area contributed by atoms with Crippen LogP contribution in [0, 0.1) is 5.92 Å². The molecule has 0 aliphatic heterocycles. The summed E-state index contributed by atoms with van der Waals surface area (Å²) in [6, 6.07) is 25.1. The van der Waals surface area contributed by atoms with Crippen molar-refractivity contribution in [2.75, 3.05) is 7.05 Å². The van der Waals surface area contributed by atoms with Crippen molar-refractivity contribution in [2.45, 2.75) is 38.5 Å². The molecule has 3 aromatic rings. The first-order valence-corrected chi connectivity index (χ1v) is 12.8. The Morgan fingerprint density at radius 1 is 0.818 bits per heavy atom. The van der Waals surface area contributed by atoms with Gasteiger partial charge in [-0.05, 0) is 40.2 Å². The monoisotopic (exact) mass is 464 g/mol. The molecule has 0 aliphatic carbocycles. The molecule has 1 unspecified atom stereocenters. The molecule has 0 heterocycles. The van der Waals surface area contributed by atoms with E-state index in [1.54, 1.807) is 7.05 Å². The van der Waals surface area contributed by atoms with Gasteiger partial charge in [0.25, 0.3) is 0 Å². The van der Waals surface area contributed by atoms with Gasteiger partial charge < -0.3 is 5.32 Å². The molecule has 33 heavy (non-hydrogen) atoms. The Kier molecular flexibility index (Phi) is 8.42. The second kappa shape index (κ2) is 11.3. The summed E-state index contributed by atoms with van der Waals surface area (Å²) in [6.07, 6.45) is 0.921. The summed E-state index contributed by atoms with van der Waals surface area (Å²) in [5.41, 5.74) is 4.75. The van der Waals surface area contributed by atoms with Gasteiger partial charge in [0, 0.05) is 13.6 Å². The van der Waals surface area contributed by atoms with Crippen molar-refractivity contribution in [1.82, 2.24) is 10.0 Å². The number of hydrogen-bond donors (Lipinski definition) is 2. The highest BCUT2D eigenvalue weighted by Crippen LogP contribution is 2.29. The molecular weight excluding hydrogens is 432 g/mol. The van der Waals surface area contributed by atoms with Gasteiger partial charge >= 0.3 is 0 Å². The van der Waals surface area contributed by atoms with Crippen LogP contribution in [0.15, 0.2) is 78.9 Å². The van der Waals surface area contributed by atoms with E-state index < -0.39 is 15.3 Å².